The minimum Gasteiger partial charge on any atom is -0.507 e. The lowest BCUT2D eigenvalue weighted by Gasteiger charge is -2.35. The highest BCUT2D eigenvalue weighted by Crippen LogP contribution is 2.27. The van der Waals surface area contributed by atoms with Gasteiger partial charge in [-0.1, -0.05) is 6.07 Å². The standard InChI is InChI=1S/C23H25N5O7/c24-21(25)16-5-4-13(10-17(16)29)26-22(32)19(31)20-23(33)28(7-9-35-20)15-3-1-2-14(11-15)27-6-8-34-12-18(27)30/h1-5,10-11,19-20,29,31H,6-9,12H2,(H3,24,25)(H,26,32)/t19-,20-/m1/s1. The van der Waals surface area contributed by atoms with Crippen LogP contribution in [-0.4, -0.2) is 78.9 Å². The van der Waals surface area contributed by atoms with Gasteiger partial charge in [-0.3, -0.25) is 19.8 Å². The molecule has 35 heavy (non-hydrogen) atoms. The lowest BCUT2D eigenvalue weighted by molar-refractivity contribution is -0.150. The highest BCUT2D eigenvalue weighted by molar-refractivity contribution is 6.05. The fourth-order valence-electron chi connectivity index (χ4n) is 3.90. The second-order valence-corrected chi connectivity index (χ2v) is 7.98. The molecule has 3 amide bonds. The number of aliphatic hydroxyl groups is 1. The summed E-state index contributed by atoms with van der Waals surface area (Å²) >= 11 is 0. The third-order valence-electron chi connectivity index (χ3n) is 5.67. The van der Waals surface area contributed by atoms with Crippen molar-refractivity contribution in [1.29, 1.82) is 5.41 Å². The van der Waals surface area contributed by atoms with E-state index in [1.807, 2.05) is 0 Å². The lowest BCUT2D eigenvalue weighted by atomic mass is 10.1. The number of phenols is 1. The monoisotopic (exact) mass is 483 g/mol. The number of carbonyl (C=O) groups excluding carboxylic acids is 3. The molecular formula is C23H25N5O7. The highest BCUT2D eigenvalue weighted by Gasteiger charge is 2.39. The van der Waals surface area contributed by atoms with Gasteiger partial charge in [0.15, 0.2) is 12.2 Å². The maximum absolute atomic E-state index is 13.1. The number of anilines is 3. The molecule has 0 unspecified atom stereocenters. The van der Waals surface area contributed by atoms with Crippen LogP contribution in [0.2, 0.25) is 0 Å². The van der Waals surface area contributed by atoms with Gasteiger partial charge in [0.25, 0.3) is 17.7 Å². The number of carbonyl (C=O) groups is 3. The van der Waals surface area contributed by atoms with E-state index in [1.165, 1.54) is 23.1 Å². The molecule has 0 bridgehead atoms. The minimum absolute atomic E-state index is 0.0145. The second kappa shape index (κ2) is 10.1. The second-order valence-electron chi connectivity index (χ2n) is 7.98. The zero-order valence-corrected chi connectivity index (χ0v) is 18.6. The summed E-state index contributed by atoms with van der Waals surface area (Å²) in [6.07, 6.45) is -3.29. The number of hydrogen-bond donors (Lipinski definition) is 5. The first kappa shape index (κ1) is 24.1. The van der Waals surface area contributed by atoms with Crippen molar-refractivity contribution >= 4 is 40.6 Å². The summed E-state index contributed by atoms with van der Waals surface area (Å²) in [4.78, 5) is 40.9. The van der Waals surface area contributed by atoms with Crippen LogP contribution >= 0.6 is 0 Å². The molecule has 4 rings (SSSR count). The van der Waals surface area contributed by atoms with Crippen LogP contribution in [0.25, 0.3) is 0 Å². The van der Waals surface area contributed by atoms with Crippen LogP contribution < -0.4 is 20.9 Å². The fraction of sp³-hybridized carbons (Fsp3) is 0.304. The van der Waals surface area contributed by atoms with E-state index in [0.29, 0.717) is 24.5 Å². The molecule has 2 aliphatic heterocycles. The Bertz CT molecular complexity index is 1170. The Morgan fingerprint density at radius 3 is 2.51 bits per heavy atom. The third-order valence-corrected chi connectivity index (χ3v) is 5.67. The molecule has 2 fully saturated rings. The number of nitrogens with zero attached hydrogens (tertiary/aromatic N) is 2. The molecule has 184 valence electrons. The Kier molecular flexibility index (Phi) is 6.96. The van der Waals surface area contributed by atoms with Crippen LogP contribution in [-0.2, 0) is 23.9 Å². The Morgan fingerprint density at radius 2 is 1.83 bits per heavy atom. The highest BCUT2D eigenvalue weighted by atomic mass is 16.5. The number of ether oxygens (including phenoxy) is 2. The molecule has 0 aromatic heterocycles. The quantitative estimate of drug-likeness (QED) is 0.276. The predicted octanol–water partition coefficient (Wildman–Crippen LogP) is -0.229. The molecule has 2 atom stereocenters. The van der Waals surface area contributed by atoms with Crippen LogP contribution in [0.4, 0.5) is 17.1 Å². The first-order chi connectivity index (χ1) is 16.8. The number of hydrogen-bond acceptors (Lipinski definition) is 8. The average Bonchev–Trinajstić information content (AvgIpc) is 2.84. The number of nitrogens with one attached hydrogen (secondary N) is 2. The molecule has 2 heterocycles. The zero-order chi connectivity index (χ0) is 25.1. The topological polar surface area (TPSA) is 179 Å². The molecule has 12 nitrogen and oxygen atoms in total. The van der Waals surface area contributed by atoms with Crippen molar-refractivity contribution in [3.05, 3.63) is 48.0 Å². The summed E-state index contributed by atoms with van der Waals surface area (Å²) in [5.41, 5.74) is 6.69. The van der Waals surface area contributed by atoms with E-state index >= 15 is 0 Å². The number of aromatic hydroxyl groups is 1. The van der Waals surface area contributed by atoms with E-state index < -0.39 is 24.0 Å². The molecular weight excluding hydrogens is 458 g/mol. The van der Waals surface area contributed by atoms with Gasteiger partial charge in [-0.25, -0.2) is 0 Å². The summed E-state index contributed by atoms with van der Waals surface area (Å²) < 4.78 is 10.6. The van der Waals surface area contributed by atoms with Crippen molar-refractivity contribution in [2.24, 2.45) is 5.73 Å². The maximum Gasteiger partial charge on any atom is 0.259 e. The normalized spacial score (nSPS) is 19.4. The van der Waals surface area contributed by atoms with Gasteiger partial charge in [0.05, 0.1) is 18.8 Å². The summed E-state index contributed by atoms with van der Waals surface area (Å²) in [6.45, 7) is 1.06. The fourth-order valence-corrected chi connectivity index (χ4v) is 3.90. The summed E-state index contributed by atoms with van der Waals surface area (Å²) in [7, 11) is 0. The van der Waals surface area contributed by atoms with Gasteiger partial charge in [-0.15, -0.1) is 0 Å². The maximum atomic E-state index is 13.1. The molecule has 2 aromatic carbocycles. The van der Waals surface area contributed by atoms with E-state index in [0.717, 1.165) is 0 Å². The van der Waals surface area contributed by atoms with Crippen molar-refractivity contribution in [3.63, 3.8) is 0 Å². The van der Waals surface area contributed by atoms with Gasteiger partial charge >= 0.3 is 0 Å². The van der Waals surface area contributed by atoms with Gasteiger partial charge < -0.3 is 40.5 Å². The van der Waals surface area contributed by atoms with E-state index in [2.05, 4.69) is 5.32 Å². The minimum atomic E-state index is -1.83. The Hall–Kier alpha value is -4.00. The number of amidine groups is 1. The number of nitrogen functional groups attached to an aromatic ring is 1. The first-order valence-electron chi connectivity index (χ1n) is 10.8. The van der Waals surface area contributed by atoms with Crippen LogP contribution in [0.15, 0.2) is 42.5 Å². The number of morpholine rings is 2. The number of rotatable bonds is 6. The van der Waals surface area contributed by atoms with Crippen molar-refractivity contribution in [3.8, 4) is 5.75 Å². The summed E-state index contributed by atoms with van der Waals surface area (Å²) in [6, 6.07) is 10.8. The van der Waals surface area contributed by atoms with Crippen molar-refractivity contribution < 1.29 is 34.1 Å². The smallest absolute Gasteiger partial charge is 0.259 e. The van der Waals surface area contributed by atoms with E-state index in [9.17, 15) is 24.6 Å². The Labute approximate surface area is 200 Å². The van der Waals surface area contributed by atoms with E-state index in [4.69, 9.17) is 20.6 Å². The van der Waals surface area contributed by atoms with Gasteiger partial charge in [0.2, 0.25) is 0 Å². The van der Waals surface area contributed by atoms with Gasteiger partial charge in [-0.2, -0.15) is 0 Å². The van der Waals surface area contributed by atoms with Crippen LogP contribution in [0.5, 0.6) is 5.75 Å². The molecule has 0 saturated carbocycles. The number of phenolic OH excluding ortho intramolecular Hbond substituents is 1. The average molecular weight is 483 g/mol. The van der Waals surface area contributed by atoms with Gasteiger partial charge in [0.1, 0.15) is 18.2 Å². The lowest BCUT2D eigenvalue weighted by Crippen LogP contribution is -2.55. The Balaban J connectivity index is 1.47. The predicted molar refractivity (Wildman–Crippen MR) is 125 cm³/mol. The third kappa shape index (κ3) is 5.09. The SMILES string of the molecule is N=C(N)c1ccc(NC(=O)[C@H](O)[C@H]2OCCN(c3cccc(N4CCOCC4=O)c3)C2=O)cc1O. The molecule has 0 spiro atoms. The van der Waals surface area contributed by atoms with E-state index in [1.54, 1.807) is 29.2 Å². The van der Waals surface area contributed by atoms with Crippen LogP contribution in [0.1, 0.15) is 5.56 Å². The molecule has 0 aliphatic carbocycles. The van der Waals surface area contributed by atoms with Gasteiger partial charge in [-0.05, 0) is 30.3 Å². The zero-order valence-electron chi connectivity index (χ0n) is 18.6. The number of nitrogens with two attached hydrogens (primary N) is 1. The van der Waals surface area contributed by atoms with Crippen molar-refractivity contribution in [2.75, 3.05) is 48.0 Å². The molecule has 12 heteroatoms. The molecule has 0 radical (unpaired) electrons. The number of benzene rings is 2. The number of aliphatic hydroxyl groups excluding tert-OH is 1. The van der Waals surface area contributed by atoms with E-state index in [-0.39, 0.29) is 48.5 Å². The summed E-state index contributed by atoms with van der Waals surface area (Å²) in [5.74, 6) is -2.37. The van der Waals surface area contributed by atoms with Crippen LogP contribution in [0, 0.1) is 5.41 Å². The number of amides is 3. The van der Waals surface area contributed by atoms with Crippen LogP contribution in [0.3, 0.4) is 0 Å². The van der Waals surface area contributed by atoms with Crippen molar-refractivity contribution in [1.82, 2.24) is 0 Å². The molecule has 2 aliphatic rings. The first-order valence-corrected chi connectivity index (χ1v) is 10.8. The molecule has 2 aromatic rings. The molecule has 2 saturated heterocycles. The molecule has 6 N–H and O–H groups in total. The largest absolute Gasteiger partial charge is 0.507 e. The van der Waals surface area contributed by atoms with Crippen molar-refractivity contribution in [2.45, 2.75) is 12.2 Å². The van der Waals surface area contributed by atoms with Gasteiger partial charge in [0, 0.05) is 36.2 Å². The Morgan fingerprint density at radius 1 is 1.11 bits per heavy atom. The summed E-state index contributed by atoms with van der Waals surface area (Å²) in [5, 5.41) is 30.3.